The first-order valence-corrected chi connectivity index (χ1v) is 7.96. The minimum Gasteiger partial charge on any atom is -0.490 e. The molecule has 21 heavy (non-hydrogen) atoms. The van der Waals surface area contributed by atoms with Gasteiger partial charge < -0.3 is 4.74 Å². The first kappa shape index (κ1) is 14.6. The van der Waals surface area contributed by atoms with E-state index in [2.05, 4.69) is 46.5 Å². The third-order valence-corrected chi connectivity index (χ3v) is 4.69. The van der Waals surface area contributed by atoms with Crippen LogP contribution >= 0.6 is 15.9 Å². The second kappa shape index (κ2) is 6.18. The lowest BCUT2D eigenvalue weighted by Gasteiger charge is -2.20. The SMILES string of the molecule is Cc1c(Br)cccc1C(NN)c1ccc(OC2CC2)cc1. The third kappa shape index (κ3) is 3.28. The van der Waals surface area contributed by atoms with E-state index in [4.69, 9.17) is 10.6 Å². The maximum atomic E-state index is 5.79. The van der Waals surface area contributed by atoms with Gasteiger partial charge in [0.05, 0.1) is 12.1 Å². The van der Waals surface area contributed by atoms with Gasteiger partial charge in [0.15, 0.2) is 0 Å². The highest BCUT2D eigenvalue weighted by Gasteiger charge is 2.23. The van der Waals surface area contributed by atoms with Crippen LogP contribution in [0.15, 0.2) is 46.9 Å². The first-order valence-electron chi connectivity index (χ1n) is 7.17. The Bertz CT molecular complexity index is 623. The second-order valence-electron chi connectivity index (χ2n) is 5.44. The fourth-order valence-corrected chi connectivity index (χ4v) is 2.80. The monoisotopic (exact) mass is 346 g/mol. The molecule has 0 aromatic heterocycles. The standard InChI is InChI=1S/C17H19BrN2O/c1-11-15(3-2-4-16(11)18)17(20-19)12-5-7-13(8-6-12)21-14-9-10-14/h2-8,14,17,20H,9-10,19H2,1H3. The van der Waals surface area contributed by atoms with Crippen LogP contribution in [0.4, 0.5) is 0 Å². The lowest BCUT2D eigenvalue weighted by molar-refractivity contribution is 0.303. The molecule has 0 amide bonds. The smallest absolute Gasteiger partial charge is 0.119 e. The van der Waals surface area contributed by atoms with E-state index >= 15 is 0 Å². The van der Waals surface area contributed by atoms with Crippen molar-refractivity contribution in [1.82, 2.24) is 5.43 Å². The molecule has 1 saturated carbocycles. The van der Waals surface area contributed by atoms with Gasteiger partial charge in [0, 0.05) is 4.47 Å². The fraction of sp³-hybridized carbons (Fsp3) is 0.294. The summed E-state index contributed by atoms with van der Waals surface area (Å²) in [5.41, 5.74) is 6.40. The number of benzene rings is 2. The molecule has 2 aromatic rings. The molecule has 4 heteroatoms. The zero-order valence-electron chi connectivity index (χ0n) is 12.0. The molecule has 3 N–H and O–H groups in total. The van der Waals surface area contributed by atoms with E-state index in [1.165, 1.54) is 24.0 Å². The number of nitrogens with one attached hydrogen (secondary N) is 1. The Hall–Kier alpha value is -1.36. The van der Waals surface area contributed by atoms with Gasteiger partial charge in [0.2, 0.25) is 0 Å². The summed E-state index contributed by atoms with van der Waals surface area (Å²) < 4.78 is 6.87. The van der Waals surface area contributed by atoms with Crippen molar-refractivity contribution in [3.63, 3.8) is 0 Å². The van der Waals surface area contributed by atoms with Crippen molar-refractivity contribution < 1.29 is 4.74 Å². The number of rotatable bonds is 5. The number of hydrogen-bond donors (Lipinski definition) is 2. The topological polar surface area (TPSA) is 47.3 Å². The highest BCUT2D eigenvalue weighted by Crippen LogP contribution is 2.31. The summed E-state index contributed by atoms with van der Waals surface area (Å²) >= 11 is 3.57. The molecule has 0 radical (unpaired) electrons. The minimum absolute atomic E-state index is 0.0301. The molecule has 110 valence electrons. The Labute approximate surface area is 133 Å². The average Bonchev–Trinajstić information content (AvgIpc) is 3.30. The van der Waals surface area contributed by atoms with Gasteiger partial charge in [-0.15, -0.1) is 0 Å². The first-order chi connectivity index (χ1) is 10.2. The quantitative estimate of drug-likeness (QED) is 0.638. The van der Waals surface area contributed by atoms with Gasteiger partial charge in [-0.2, -0.15) is 0 Å². The van der Waals surface area contributed by atoms with Crippen LogP contribution in [0.5, 0.6) is 5.75 Å². The summed E-state index contributed by atoms with van der Waals surface area (Å²) in [6, 6.07) is 14.3. The highest BCUT2D eigenvalue weighted by molar-refractivity contribution is 9.10. The molecule has 0 spiro atoms. The summed E-state index contributed by atoms with van der Waals surface area (Å²) in [6.45, 7) is 2.09. The van der Waals surface area contributed by atoms with Crippen LogP contribution in [0.3, 0.4) is 0 Å². The van der Waals surface area contributed by atoms with Crippen molar-refractivity contribution in [3.05, 3.63) is 63.6 Å². The van der Waals surface area contributed by atoms with E-state index in [1.807, 2.05) is 24.3 Å². The average molecular weight is 347 g/mol. The normalized spacial score (nSPS) is 15.8. The molecule has 1 fully saturated rings. The molecule has 0 saturated heterocycles. The Morgan fingerprint density at radius 3 is 2.52 bits per heavy atom. The number of hydrogen-bond acceptors (Lipinski definition) is 3. The van der Waals surface area contributed by atoms with E-state index in [1.54, 1.807) is 0 Å². The van der Waals surface area contributed by atoms with Gasteiger partial charge in [-0.3, -0.25) is 5.84 Å². The molecule has 1 aliphatic rings. The van der Waals surface area contributed by atoms with Crippen molar-refractivity contribution >= 4 is 15.9 Å². The van der Waals surface area contributed by atoms with E-state index < -0.39 is 0 Å². The molecule has 1 aliphatic carbocycles. The maximum Gasteiger partial charge on any atom is 0.119 e. The highest BCUT2D eigenvalue weighted by atomic mass is 79.9. The second-order valence-corrected chi connectivity index (χ2v) is 6.29. The number of hydrazine groups is 1. The predicted molar refractivity (Wildman–Crippen MR) is 88.1 cm³/mol. The summed E-state index contributed by atoms with van der Waals surface area (Å²) in [5.74, 6) is 6.72. The zero-order valence-corrected chi connectivity index (χ0v) is 13.6. The third-order valence-electron chi connectivity index (χ3n) is 3.83. The molecule has 1 atom stereocenters. The van der Waals surface area contributed by atoms with Crippen LogP contribution in [-0.2, 0) is 0 Å². The predicted octanol–water partition coefficient (Wildman–Crippen LogP) is 3.85. The van der Waals surface area contributed by atoms with Crippen LogP contribution in [0.1, 0.15) is 35.6 Å². The fourth-order valence-electron chi connectivity index (χ4n) is 2.42. The molecule has 2 aromatic carbocycles. The zero-order chi connectivity index (χ0) is 14.8. The van der Waals surface area contributed by atoms with Crippen molar-refractivity contribution in [3.8, 4) is 5.75 Å². The van der Waals surface area contributed by atoms with Crippen molar-refractivity contribution in [1.29, 1.82) is 0 Å². The number of nitrogens with two attached hydrogens (primary N) is 1. The van der Waals surface area contributed by atoms with Crippen LogP contribution in [0.2, 0.25) is 0 Å². The van der Waals surface area contributed by atoms with Crippen LogP contribution in [-0.4, -0.2) is 6.10 Å². The van der Waals surface area contributed by atoms with Crippen molar-refractivity contribution in [2.75, 3.05) is 0 Å². The van der Waals surface area contributed by atoms with E-state index in [-0.39, 0.29) is 6.04 Å². The molecule has 0 heterocycles. The lowest BCUT2D eigenvalue weighted by atomic mass is 9.95. The Balaban J connectivity index is 1.86. The van der Waals surface area contributed by atoms with Crippen LogP contribution in [0, 0.1) is 6.92 Å². The van der Waals surface area contributed by atoms with Crippen LogP contribution in [0.25, 0.3) is 0 Å². The van der Waals surface area contributed by atoms with Gasteiger partial charge >= 0.3 is 0 Å². The molecule has 3 nitrogen and oxygen atoms in total. The van der Waals surface area contributed by atoms with Crippen molar-refractivity contribution in [2.24, 2.45) is 5.84 Å². The molecule has 0 bridgehead atoms. The summed E-state index contributed by atoms with van der Waals surface area (Å²) in [4.78, 5) is 0. The molecular weight excluding hydrogens is 328 g/mol. The minimum atomic E-state index is -0.0301. The van der Waals surface area contributed by atoms with Crippen molar-refractivity contribution in [2.45, 2.75) is 31.9 Å². The van der Waals surface area contributed by atoms with Gasteiger partial charge in [0.1, 0.15) is 5.75 Å². The molecule has 1 unspecified atom stereocenters. The number of halogens is 1. The van der Waals surface area contributed by atoms with Gasteiger partial charge in [0.25, 0.3) is 0 Å². The summed E-state index contributed by atoms with van der Waals surface area (Å²) in [6.07, 6.45) is 2.77. The Morgan fingerprint density at radius 1 is 1.19 bits per heavy atom. The Morgan fingerprint density at radius 2 is 1.90 bits per heavy atom. The van der Waals surface area contributed by atoms with Gasteiger partial charge in [-0.25, -0.2) is 5.43 Å². The lowest BCUT2D eigenvalue weighted by Crippen LogP contribution is -2.29. The summed E-state index contributed by atoms with van der Waals surface area (Å²) in [7, 11) is 0. The molecule has 3 rings (SSSR count). The summed E-state index contributed by atoms with van der Waals surface area (Å²) in [5, 5.41) is 0. The van der Waals surface area contributed by atoms with E-state index in [0.717, 1.165) is 15.8 Å². The maximum absolute atomic E-state index is 5.79. The van der Waals surface area contributed by atoms with E-state index in [9.17, 15) is 0 Å². The van der Waals surface area contributed by atoms with E-state index in [0.29, 0.717) is 6.10 Å². The molecule has 0 aliphatic heterocycles. The molecular formula is C17H19BrN2O. The number of ether oxygens (including phenoxy) is 1. The van der Waals surface area contributed by atoms with Gasteiger partial charge in [-0.1, -0.05) is 40.2 Å². The van der Waals surface area contributed by atoms with Crippen LogP contribution < -0.4 is 16.0 Å². The van der Waals surface area contributed by atoms with Gasteiger partial charge in [-0.05, 0) is 54.7 Å². The Kier molecular flexibility index (Phi) is 4.29. The largest absolute Gasteiger partial charge is 0.490 e.